The Labute approximate surface area is 386 Å². The number of carbonyl (C=O) groups excluding carboxylic acids is 3. The molecule has 0 bridgehead atoms. The molecule has 0 rings (SSSR count). The summed E-state index contributed by atoms with van der Waals surface area (Å²) in [6.07, 6.45) is 60.0. The van der Waals surface area contributed by atoms with Crippen LogP contribution < -0.4 is 5.11 Å². The highest BCUT2D eigenvalue weighted by atomic mass is 16.6. The summed E-state index contributed by atoms with van der Waals surface area (Å²) < 4.78 is 17.2. The normalized spacial score (nSPS) is 13.7. The largest absolute Gasteiger partial charge is 0.544 e. The third-order valence-electron chi connectivity index (χ3n) is 10.6. The number of carbonyl (C=O) groups is 3. The van der Waals surface area contributed by atoms with Crippen LogP contribution >= 0.6 is 0 Å². The van der Waals surface area contributed by atoms with E-state index in [1.165, 1.54) is 64.2 Å². The number of unbranched alkanes of at least 4 members (excludes halogenated alkanes) is 17. The molecule has 0 heterocycles. The Kier molecular flexibility index (Phi) is 42.2. The maximum absolute atomic E-state index is 12.8. The molecule has 0 saturated carbocycles. The first-order chi connectivity index (χ1) is 30.6. The summed E-state index contributed by atoms with van der Waals surface area (Å²) in [5.41, 5.74) is 0. The van der Waals surface area contributed by atoms with Gasteiger partial charge in [-0.3, -0.25) is 9.59 Å². The van der Waals surface area contributed by atoms with E-state index in [0.717, 1.165) is 83.5 Å². The molecule has 2 unspecified atom stereocenters. The minimum absolute atomic E-state index is 0.0255. The first-order valence-corrected chi connectivity index (χ1v) is 24.8. The molecular formula is C55H91NO7. The van der Waals surface area contributed by atoms with Crippen molar-refractivity contribution in [2.45, 2.75) is 193 Å². The summed E-state index contributed by atoms with van der Waals surface area (Å²) in [5.74, 6) is -1.78. The number of allylic oxidation sites excluding steroid dienone is 16. The number of carboxylic acid groups (broad SMARTS) is 1. The molecule has 0 spiro atoms. The van der Waals surface area contributed by atoms with Crippen LogP contribution in [0.5, 0.6) is 0 Å². The van der Waals surface area contributed by atoms with Crippen LogP contribution in [0.4, 0.5) is 0 Å². The Morgan fingerprint density at radius 1 is 0.508 bits per heavy atom. The van der Waals surface area contributed by atoms with Crippen LogP contribution in [0.25, 0.3) is 0 Å². The lowest BCUT2D eigenvalue weighted by Crippen LogP contribution is -2.55. The van der Waals surface area contributed by atoms with Crippen LogP contribution in [0, 0.1) is 0 Å². The van der Waals surface area contributed by atoms with E-state index in [9.17, 15) is 19.5 Å². The quantitative estimate of drug-likeness (QED) is 0.0198. The van der Waals surface area contributed by atoms with Crippen molar-refractivity contribution in [2.75, 3.05) is 41.0 Å². The zero-order valence-electron chi connectivity index (χ0n) is 40.7. The van der Waals surface area contributed by atoms with E-state index in [4.69, 9.17) is 14.2 Å². The lowest BCUT2D eigenvalue weighted by atomic mass is 10.0. The van der Waals surface area contributed by atoms with E-state index in [1.807, 2.05) is 36.5 Å². The summed E-state index contributed by atoms with van der Waals surface area (Å²) >= 11 is 0. The van der Waals surface area contributed by atoms with Gasteiger partial charge in [0.25, 0.3) is 0 Å². The Bertz CT molecular complexity index is 1350. The molecule has 0 amide bonds. The molecule has 63 heavy (non-hydrogen) atoms. The molecule has 0 aliphatic rings. The summed E-state index contributed by atoms with van der Waals surface area (Å²) in [6, 6.07) is -0.736. The maximum atomic E-state index is 12.8. The van der Waals surface area contributed by atoms with E-state index in [-0.39, 0.29) is 42.7 Å². The predicted octanol–water partition coefficient (Wildman–Crippen LogP) is 12.9. The Morgan fingerprint density at radius 3 is 1.46 bits per heavy atom. The molecular weight excluding hydrogens is 787 g/mol. The number of quaternary nitrogens is 1. The fourth-order valence-corrected chi connectivity index (χ4v) is 6.76. The van der Waals surface area contributed by atoms with Crippen molar-refractivity contribution >= 4 is 17.9 Å². The summed E-state index contributed by atoms with van der Waals surface area (Å²) in [5, 5.41) is 11.7. The van der Waals surface area contributed by atoms with Gasteiger partial charge in [-0.05, 0) is 64.2 Å². The van der Waals surface area contributed by atoms with Gasteiger partial charge in [-0.1, -0.05) is 195 Å². The molecule has 0 aromatic carbocycles. The average Bonchev–Trinajstić information content (AvgIpc) is 3.24. The summed E-state index contributed by atoms with van der Waals surface area (Å²) in [6.45, 7) is 4.43. The molecule has 0 aliphatic carbocycles. The first kappa shape index (κ1) is 59.2. The number of aliphatic carboxylic acids is 1. The van der Waals surface area contributed by atoms with Crippen LogP contribution in [-0.4, -0.2) is 75.5 Å². The van der Waals surface area contributed by atoms with Crippen LogP contribution in [0.2, 0.25) is 0 Å². The number of hydrogen-bond donors (Lipinski definition) is 0. The smallest absolute Gasteiger partial charge is 0.306 e. The van der Waals surface area contributed by atoms with E-state index < -0.39 is 18.1 Å². The first-order valence-electron chi connectivity index (χ1n) is 24.8. The SMILES string of the molecule is CC/C=C/C/C=C/C/C=C/CCCCCCCCCCCCCC(=O)OC(COCCC(C(=O)[O-])[N+](C)(C)C)COC(=O)CCCCCCC/C=C/C=C/C=C/C=C/C=C/CCC. The van der Waals surface area contributed by atoms with Crippen molar-refractivity contribution in [1.82, 2.24) is 0 Å². The molecule has 8 nitrogen and oxygen atoms in total. The standard InChI is InChI=1S/C55H91NO7/c1-6-8-10-12-14-16-18-20-22-24-26-27-28-30-32-34-36-38-40-42-44-46-54(58)63-51(49-61-48-47-52(55(59)60)56(3,4)5)50-62-53(57)45-43-41-39-37-35-33-31-29-25-23-21-19-17-15-13-11-9-7-2/h8,10-11,13-17,19-23,25,29,31,51-52H,6-7,9,12,18,24,26-28,30,32-50H2,1-5H3/b10-8+,13-11+,16-14+,17-15+,21-19+,22-20+,25-23+,31-29+. The van der Waals surface area contributed by atoms with E-state index in [1.54, 1.807) is 21.1 Å². The lowest BCUT2D eigenvalue weighted by molar-refractivity contribution is -0.889. The topological polar surface area (TPSA) is 102 Å². The minimum atomic E-state index is -1.13. The summed E-state index contributed by atoms with van der Waals surface area (Å²) in [7, 11) is 5.40. The van der Waals surface area contributed by atoms with Crippen molar-refractivity contribution < 1.29 is 38.2 Å². The second kappa shape index (κ2) is 44.8. The monoisotopic (exact) mass is 878 g/mol. The molecule has 0 N–H and O–H groups in total. The molecule has 0 aliphatic heterocycles. The van der Waals surface area contributed by atoms with Crippen molar-refractivity contribution in [2.24, 2.45) is 0 Å². The van der Waals surface area contributed by atoms with Gasteiger partial charge < -0.3 is 28.6 Å². The molecule has 2 atom stereocenters. The lowest BCUT2D eigenvalue weighted by Gasteiger charge is -2.34. The second-order valence-corrected chi connectivity index (χ2v) is 17.4. The molecule has 358 valence electrons. The Balaban J connectivity index is 4.33. The van der Waals surface area contributed by atoms with Crippen molar-refractivity contribution in [1.29, 1.82) is 0 Å². The third-order valence-corrected chi connectivity index (χ3v) is 10.6. The maximum Gasteiger partial charge on any atom is 0.306 e. The highest BCUT2D eigenvalue weighted by molar-refractivity contribution is 5.70. The van der Waals surface area contributed by atoms with Crippen LogP contribution in [0.3, 0.4) is 0 Å². The molecule has 0 saturated heterocycles. The van der Waals surface area contributed by atoms with Crippen LogP contribution in [0.1, 0.15) is 181 Å². The van der Waals surface area contributed by atoms with E-state index >= 15 is 0 Å². The van der Waals surface area contributed by atoms with Gasteiger partial charge in [-0.15, -0.1) is 0 Å². The Hall–Kier alpha value is -3.75. The number of esters is 2. The van der Waals surface area contributed by atoms with Crippen molar-refractivity contribution in [3.63, 3.8) is 0 Å². The molecule has 0 fully saturated rings. The van der Waals surface area contributed by atoms with Gasteiger partial charge in [0, 0.05) is 19.3 Å². The molecule has 0 aromatic heterocycles. The molecule has 0 aromatic rings. The minimum Gasteiger partial charge on any atom is -0.544 e. The van der Waals surface area contributed by atoms with Crippen LogP contribution in [-0.2, 0) is 28.6 Å². The zero-order valence-corrected chi connectivity index (χ0v) is 40.7. The molecule has 0 radical (unpaired) electrons. The average molecular weight is 878 g/mol. The van der Waals surface area contributed by atoms with Gasteiger partial charge >= 0.3 is 11.9 Å². The predicted molar refractivity (Wildman–Crippen MR) is 263 cm³/mol. The van der Waals surface area contributed by atoms with Gasteiger partial charge in [0.15, 0.2) is 6.10 Å². The number of hydrogen-bond acceptors (Lipinski definition) is 7. The van der Waals surface area contributed by atoms with Gasteiger partial charge in [0.2, 0.25) is 0 Å². The fourth-order valence-electron chi connectivity index (χ4n) is 6.76. The molecule has 8 heteroatoms. The van der Waals surface area contributed by atoms with E-state index in [0.29, 0.717) is 12.8 Å². The van der Waals surface area contributed by atoms with Crippen molar-refractivity contribution in [3.8, 4) is 0 Å². The highest BCUT2D eigenvalue weighted by Gasteiger charge is 2.25. The van der Waals surface area contributed by atoms with Crippen LogP contribution in [0.15, 0.2) is 97.2 Å². The zero-order chi connectivity index (χ0) is 46.3. The van der Waals surface area contributed by atoms with E-state index in [2.05, 4.69) is 74.6 Å². The highest BCUT2D eigenvalue weighted by Crippen LogP contribution is 2.15. The third kappa shape index (κ3) is 43.3. The fraction of sp³-hybridized carbons (Fsp3) is 0.655. The number of rotatable bonds is 43. The van der Waals surface area contributed by atoms with Gasteiger partial charge in [-0.2, -0.15) is 0 Å². The number of carboxylic acids is 1. The van der Waals surface area contributed by atoms with Gasteiger partial charge in [0.05, 0.1) is 40.3 Å². The number of likely N-dealkylation sites (N-methyl/N-ethyl adjacent to an activating group) is 1. The van der Waals surface area contributed by atoms with Crippen molar-refractivity contribution in [3.05, 3.63) is 97.2 Å². The van der Waals surface area contributed by atoms with Gasteiger partial charge in [0.1, 0.15) is 12.6 Å². The number of nitrogens with zero attached hydrogens (tertiary/aromatic N) is 1. The summed E-state index contributed by atoms with van der Waals surface area (Å²) in [4.78, 5) is 37.0. The number of ether oxygens (including phenoxy) is 3. The Morgan fingerprint density at radius 2 is 0.952 bits per heavy atom. The second-order valence-electron chi connectivity index (χ2n) is 17.4. The van der Waals surface area contributed by atoms with Gasteiger partial charge in [-0.25, -0.2) is 0 Å².